The molecule has 0 amide bonds. The number of para-hydroxylation sites is 1. The number of hydrogen-bond donors (Lipinski definition) is 1. The lowest BCUT2D eigenvalue weighted by molar-refractivity contribution is 0.587. The lowest BCUT2D eigenvalue weighted by Crippen LogP contribution is -2.16. The van der Waals surface area contributed by atoms with Crippen molar-refractivity contribution in [3.8, 4) is 0 Å². The van der Waals surface area contributed by atoms with Gasteiger partial charge in [-0.3, -0.25) is 0 Å². The lowest BCUT2D eigenvalue weighted by Gasteiger charge is -2.25. The van der Waals surface area contributed by atoms with Crippen LogP contribution in [0.15, 0.2) is 42.5 Å². The van der Waals surface area contributed by atoms with Crippen LogP contribution in [-0.4, -0.2) is 14.1 Å². The number of anilines is 2. The monoisotopic (exact) mass is 306 g/mol. The van der Waals surface area contributed by atoms with Crippen LogP contribution in [0.2, 0.25) is 5.02 Å². The van der Waals surface area contributed by atoms with E-state index in [4.69, 9.17) is 11.6 Å². The number of hydrogen-bond acceptors (Lipinski definition) is 2. The molecule has 112 valence electrons. The highest BCUT2D eigenvalue weighted by molar-refractivity contribution is 6.34. The van der Waals surface area contributed by atoms with Gasteiger partial charge in [-0.15, -0.1) is 0 Å². The lowest BCUT2D eigenvalue weighted by atomic mass is 10.0. The van der Waals surface area contributed by atoms with Crippen molar-refractivity contribution < 1.29 is 4.39 Å². The summed E-state index contributed by atoms with van der Waals surface area (Å²) >= 11 is 6.27. The first-order chi connectivity index (χ1) is 10.0. The van der Waals surface area contributed by atoms with E-state index in [2.05, 4.69) is 5.32 Å². The highest BCUT2D eigenvalue weighted by Gasteiger charge is 2.16. The first-order valence-electron chi connectivity index (χ1n) is 7.01. The maximum absolute atomic E-state index is 14.0. The number of rotatable bonds is 5. The summed E-state index contributed by atoms with van der Waals surface area (Å²) in [5.41, 5.74) is 2.49. The maximum Gasteiger partial charge on any atom is 0.128 e. The topological polar surface area (TPSA) is 15.3 Å². The highest BCUT2D eigenvalue weighted by atomic mass is 35.5. The minimum atomic E-state index is -0.190. The van der Waals surface area contributed by atoms with Gasteiger partial charge in [-0.1, -0.05) is 42.8 Å². The molecule has 0 aromatic heterocycles. The molecule has 1 unspecified atom stereocenters. The van der Waals surface area contributed by atoms with Gasteiger partial charge in [-0.05, 0) is 24.6 Å². The summed E-state index contributed by atoms with van der Waals surface area (Å²) in [6.07, 6.45) is 0.778. The van der Waals surface area contributed by atoms with Gasteiger partial charge >= 0.3 is 0 Å². The zero-order valence-electron chi connectivity index (χ0n) is 12.5. The summed E-state index contributed by atoms with van der Waals surface area (Å²) in [5, 5.41) is 4.08. The fourth-order valence-corrected chi connectivity index (χ4v) is 2.78. The minimum absolute atomic E-state index is 0.0941. The fraction of sp³-hybridized carbons (Fsp3) is 0.294. The molecule has 0 aliphatic carbocycles. The van der Waals surface area contributed by atoms with E-state index in [-0.39, 0.29) is 11.9 Å². The second-order valence-corrected chi connectivity index (χ2v) is 5.56. The van der Waals surface area contributed by atoms with Gasteiger partial charge in [0.15, 0.2) is 0 Å². The molecule has 0 bridgehead atoms. The quantitative estimate of drug-likeness (QED) is 0.826. The number of halogens is 2. The summed E-state index contributed by atoms with van der Waals surface area (Å²) in [4.78, 5) is 1.96. The Labute approximate surface area is 130 Å². The minimum Gasteiger partial charge on any atom is -0.376 e. The Bertz CT molecular complexity index is 613. The average Bonchev–Trinajstić information content (AvgIpc) is 2.45. The molecule has 2 rings (SSSR count). The number of nitrogens with zero attached hydrogens (tertiary/aromatic N) is 1. The van der Waals surface area contributed by atoms with Gasteiger partial charge < -0.3 is 10.2 Å². The summed E-state index contributed by atoms with van der Waals surface area (Å²) in [6, 6.07) is 12.5. The molecule has 0 heterocycles. The van der Waals surface area contributed by atoms with Gasteiger partial charge in [0.05, 0.1) is 22.4 Å². The zero-order chi connectivity index (χ0) is 15.4. The van der Waals surface area contributed by atoms with Crippen LogP contribution < -0.4 is 10.2 Å². The van der Waals surface area contributed by atoms with E-state index in [0.29, 0.717) is 10.6 Å². The number of nitrogens with one attached hydrogen (secondary N) is 1. The third kappa shape index (κ3) is 3.48. The Hall–Kier alpha value is -1.74. The molecule has 0 saturated carbocycles. The zero-order valence-corrected chi connectivity index (χ0v) is 13.3. The van der Waals surface area contributed by atoms with Crippen LogP contribution in [0.1, 0.15) is 24.9 Å². The molecule has 0 saturated heterocycles. The summed E-state index contributed by atoms with van der Waals surface area (Å²) < 4.78 is 14.0. The fourth-order valence-electron chi connectivity index (χ4n) is 2.43. The van der Waals surface area contributed by atoms with Crippen LogP contribution in [0.4, 0.5) is 15.8 Å². The van der Waals surface area contributed by atoms with Gasteiger partial charge in [-0.2, -0.15) is 0 Å². The standard InChI is InChI=1S/C17H20ClFN2/c1-4-15(12-8-5-6-10-14(12)19)20-16-11-7-9-13(18)17(16)21(2)3/h5-11,15,20H,4H2,1-3H3. The molecular weight excluding hydrogens is 287 g/mol. The van der Waals surface area contributed by atoms with E-state index < -0.39 is 0 Å². The van der Waals surface area contributed by atoms with Crippen LogP contribution in [0.3, 0.4) is 0 Å². The summed E-state index contributed by atoms with van der Waals surface area (Å²) in [6.45, 7) is 2.03. The van der Waals surface area contributed by atoms with Crippen molar-refractivity contribution in [3.05, 3.63) is 58.9 Å². The van der Waals surface area contributed by atoms with Crippen molar-refractivity contribution in [1.29, 1.82) is 0 Å². The molecule has 0 spiro atoms. The molecule has 2 nitrogen and oxygen atoms in total. The molecule has 2 aromatic carbocycles. The van der Waals surface area contributed by atoms with Crippen LogP contribution in [0.25, 0.3) is 0 Å². The molecule has 0 fully saturated rings. The van der Waals surface area contributed by atoms with Crippen molar-refractivity contribution in [2.24, 2.45) is 0 Å². The SMILES string of the molecule is CCC(Nc1cccc(Cl)c1N(C)C)c1ccccc1F. The van der Waals surface area contributed by atoms with E-state index >= 15 is 0 Å². The molecule has 1 N–H and O–H groups in total. The predicted octanol–water partition coefficient (Wildman–Crippen LogP) is 5.11. The van der Waals surface area contributed by atoms with Crippen molar-refractivity contribution in [1.82, 2.24) is 0 Å². The van der Waals surface area contributed by atoms with E-state index in [1.807, 2.05) is 56.3 Å². The van der Waals surface area contributed by atoms with Crippen molar-refractivity contribution in [3.63, 3.8) is 0 Å². The molecule has 21 heavy (non-hydrogen) atoms. The van der Waals surface area contributed by atoms with Gasteiger partial charge in [0.2, 0.25) is 0 Å². The molecule has 0 radical (unpaired) electrons. The molecule has 2 aromatic rings. The van der Waals surface area contributed by atoms with E-state index in [9.17, 15) is 4.39 Å². The highest BCUT2D eigenvalue weighted by Crippen LogP contribution is 2.35. The maximum atomic E-state index is 14.0. The first kappa shape index (κ1) is 15.6. The molecular formula is C17H20ClFN2. The van der Waals surface area contributed by atoms with Gasteiger partial charge in [-0.25, -0.2) is 4.39 Å². The Morgan fingerprint density at radius 1 is 1.14 bits per heavy atom. The van der Waals surface area contributed by atoms with Crippen LogP contribution in [0.5, 0.6) is 0 Å². The smallest absolute Gasteiger partial charge is 0.128 e. The molecule has 0 aliphatic rings. The second kappa shape index (κ2) is 6.81. The molecule has 0 aliphatic heterocycles. The van der Waals surface area contributed by atoms with E-state index in [1.54, 1.807) is 6.07 Å². The van der Waals surface area contributed by atoms with Crippen LogP contribution >= 0.6 is 11.6 Å². The first-order valence-corrected chi connectivity index (χ1v) is 7.39. The third-order valence-corrected chi connectivity index (χ3v) is 3.76. The van der Waals surface area contributed by atoms with Gasteiger partial charge in [0.25, 0.3) is 0 Å². The van der Waals surface area contributed by atoms with E-state index in [1.165, 1.54) is 6.07 Å². The normalized spacial score (nSPS) is 12.0. The van der Waals surface area contributed by atoms with Crippen molar-refractivity contribution >= 4 is 23.0 Å². The molecule has 4 heteroatoms. The number of benzene rings is 2. The average molecular weight is 307 g/mol. The predicted molar refractivity (Wildman–Crippen MR) is 88.8 cm³/mol. The Kier molecular flexibility index (Phi) is 5.07. The summed E-state index contributed by atoms with van der Waals surface area (Å²) in [5.74, 6) is -0.190. The Morgan fingerprint density at radius 3 is 2.48 bits per heavy atom. The summed E-state index contributed by atoms with van der Waals surface area (Å²) in [7, 11) is 3.88. The van der Waals surface area contributed by atoms with Crippen LogP contribution in [-0.2, 0) is 0 Å². The van der Waals surface area contributed by atoms with Crippen LogP contribution in [0, 0.1) is 5.82 Å². The largest absolute Gasteiger partial charge is 0.376 e. The van der Waals surface area contributed by atoms with Crippen molar-refractivity contribution in [2.45, 2.75) is 19.4 Å². The van der Waals surface area contributed by atoms with Crippen molar-refractivity contribution in [2.75, 3.05) is 24.3 Å². The van der Waals surface area contributed by atoms with Gasteiger partial charge in [0.1, 0.15) is 5.82 Å². The molecule has 1 atom stereocenters. The second-order valence-electron chi connectivity index (χ2n) is 5.16. The Balaban J connectivity index is 2.36. The van der Waals surface area contributed by atoms with Gasteiger partial charge in [0, 0.05) is 19.7 Å². The van der Waals surface area contributed by atoms with E-state index in [0.717, 1.165) is 17.8 Å². The Morgan fingerprint density at radius 2 is 1.86 bits per heavy atom. The third-order valence-electron chi connectivity index (χ3n) is 3.45.